The fourth-order valence-corrected chi connectivity index (χ4v) is 3.87. The van der Waals surface area contributed by atoms with Gasteiger partial charge >= 0.3 is 5.97 Å². The average Bonchev–Trinajstić information content (AvgIpc) is 2.92. The van der Waals surface area contributed by atoms with Gasteiger partial charge in [-0.3, -0.25) is 4.79 Å². The van der Waals surface area contributed by atoms with Crippen LogP contribution in [0, 0.1) is 5.92 Å². The van der Waals surface area contributed by atoms with Gasteiger partial charge in [0.15, 0.2) is 9.84 Å². The molecule has 0 saturated carbocycles. The van der Waals surface area contributed by atoms with Crippen LogP contribution in [0.4, 0.5) is 0 Å². The number of hydrogen-bond acceptors (Lipinski definition) is 5. The van der Waals surface area contributed by atoms with Crippen LogP contribution in [0.2, 0.25) is 0 Å². The first-order valence-electron chi connectivity index (χ1n) is 8.12. The largest absolute Gasteiger partial charge is 0.462 e. The zero-order valence-corrected chi connectivity index (χ0v) is 14.8. The smallest absolute Gasteiger partial charge is 0.310 e. The Balaban J connectivity index is 0.000000921. The van der Waals surface area contributed by atoms with E-state index in [-0.39, 0.29) is 35.5 Å². The number of rotatable bonds is 2. The highest BCUT2D eigenvalue weighted by Crippen LogP contribution is 2.21. The molecule has 0 amide bonds. The highest BCUT2D eigenvalue weighted by atomic mass is 32.2. The lowest BCUT2D eigenvalue weighted by molar-refractivity contribution is -0.154. The van der Waals surface area contributed by atoms with Crippen molar-refractivity contribution in [1.82, 2.24) is 5.32 Å². The molecule has 21 heavy (non-hydrogen) atoms. The van der Waals surface area contributed by atoms with Crippen molar-refractivity contribution < 1.29 is 17.9 Å². The molecule has 2 atom stereocenters. The zero-order valence-electron chi connectivity index (χ0n) is 14.0. The normalized spacial score (nSPS) is 27.7. The Hall–Kier alpha value is -0.620. The lowest BCUT2D eigenvalue weighted by Crippen LogP contribution is -2.35. The molecule has 2 rings (SSSR count). The van der Waals surface area contributed by atoms with E-state index in [1.807, 2.05) is 34.6 Å². The number of sulfone groups is 1. The van der Waals surface area contributed by atoms with Crippen molar-refractivity contribution >= 4 is 15.8 Å². The van der Waals surface area contributed by atoms with Gasteiger partial charge in [0.05, 0.1) is 17.4 Å². The maximum absolute atomic E-state index is 11.9. The molecule has 0 aromatic carbocycles. The van der Waals surface area contributed by atoms with E-state index in [4.69, 9.17) is 4.74 Å². The molecule has 2 heterocycles. The maximum Gasteiger partial charge on any atom is 0.310 e. The minimum Gasteiger partial charge on any atom is -0.462 e. The van der Waals surface area contributed by atoms with Crippen LogP contribution < -0.4 is 5.32 Å². The molecule has 2 fully saturated rings. The molecule has 0 aliphatic carbocycles. The van der Waals surface area contributed by atoms with Crippen LogP contribution in [0.25, 0.3) is 0 Å². The van der Waals surface area contributed by atoms with Crippen LogP contribution in [0.1, 0.15) is 53.9 Å². The van der Waals surface area contributed by atoms with Crippen LogP contribution >= 0.6 is 0 Å². The van der Waals surface area contributed by atoms with Crippen molar-refractivity contribution in [3.05, 3.63) is 0 Å². The summed E-state index contributed by atoms with van der Waals surface area (Å²) in [5.74, 6) is 0.0349. The quantitative estimate of drug-likeness (QED) is 0.789. The number of carbonyl (C=O) groups is 1. The van der Waals surface area contributed by atoms with Crippen molar-refractivity contribution in [2.24, 2.45) is 5.92 Å². The third kappa shape index (κ3) is 6.78. The summed E-state index contributed by atoms with van der Waals surface area (Å²) in [6.07, 6.45) is 1.50. The molecule has 0 aromatic rings. The summed E-state index contributed by atoms with van der Waals surface area (Å²) in [7, 11) is -2.88. The Morgan fingerprint density at radius 3 is 2.00 bits per heavy atom. The zero-order chi connectivity index (χ0) is 16.5. The second-order valence-electron chi connectivity index (χ2n) is 4.93. The average molecular weight is 321 g/mol. The van der Waals surface area contributed by atoms with E-state index in [9.17, 15) is 13.2 Å². The van der Waals surface area contributed by atoms with E-state index in [0.29, 0.717) is 12.8 Å². The van der Waals surface area contributed by atoms with E-state index in [0.717, 1.165) is 13.0 Å². The third-order valence-electron chi connectivity index (χ3n) is 3.61. The van der Waals surface area contributed by atoms with Gasteiger partial charge in [-0.25, -0.2) is 8.42 Å². The van der Waals surface area contributed by atoms with Gasteiger partial charge in [-0.2, -0.15) is 0 Å². The Kier molecular flexibility index (Phi) is 9.86. The van der Waals surface area contributed by atoms with E-state index < -0.39 is 9.84 Å². The van der Waals surface area contributed by atoms with Gasteiger partial charge < -0.3 is 10.1 Å². The summed E-state index contributed by atoms with van der Waals surface area (Å²) in [4.78, 5) is 11.9. The van der Waals surface area contributed by atoms with Gasteiger partial charge in [0, 0.05) is 6.04 Å². The molecular weight excluding hydrogens is 290 g/mol. The third-order valence-corrected chi connectivity index (χ3v) is 5.33. The maximum atomic E-state index is 11.9. The number of hydrogen-bond donors (Lipinski definition) is 1. The molecule has 5 nitrogen and oxygen atoms in total. The first-order chi connectivity index (χ1) is 9.98. The highest BCUT2D eigenvalue weighted by Gasteiger charge is 2.33. The highest BCUT2D eigenvalue weighted by molar-refractivity contribution is 7.91. The molecular formula is C15H31NO4S. The second kappa shape index (κ2) is 10.2. The predicted molar refractivity (Wildman–Crippen MR) is 86.0 cm³/mol. The van der Waals surface area contributed by atoms with Crippen LogP contribution in [-0.2, 0) is 19.4 Å². The minimum atomic E-state index is -2.88. The molecule has 0 bridgehead atoms. The topological polar surface area (TPSA) is 72.5 Å². The Morgan fingerprint density at radius 2 is 1.57 bits per heavy atom. The van der Waals surface area contributed by atoms with Crippen LogP contribution in [0.3, 0.4) is 0 Å². The van der Waals surface area contributed by atoms with E-state index >= 15 is 0 Å². The molecule has 0 unspecified atom stereocenters. The van der Waals surface area contributed by atoms with Gasteiger partial charge in [0.2, 0.25) is 0 Å². The molecule has 2 aliphatic heterocycles. The number of nitrogens with one attached hydrogen (secondary N) is 1. The Bertz CT molecular complexity index is 380. The summed E-state index contributed by atoms with van der Waals surface area (Å²) >= 11 is 0. The molecule has 0 aromatic heterocycles. The number of esters is 1. The van der Waals surface area contributed by atoms with E-state index in [1.54, 1.807) is 0 Å². The minimum absolute atomic E-state index is 0.0754. The second-order valence-corrected chi connectivity index (χ2v) is 7.23. The summed E-state index contributed by atoms with van der Waals surface area (Å²) < 4.78 is 27.9. The van der Waals surface area contributed by atoms with Crippen LogP contribution in [-0.4, -0.2) is 44.6 Å². The lowest BCUT2D eigenvalue weighted by atomic mass is 10.0. The van der Waals surface area contributed by atoms with Crippen LogP contribution in [0.15, 0.2) is 0 Å². The van der Waals surface area contributed by atoms with Gasteiger partial charge in [-0.1, -0.05) is 27.7 Å². The van der Waals surface area contributed by atoms with Crippen molar-refractivity contribution in [2.45, 2.75) is 66.0 Å². The predicted octanol–water partition coefficient (Wildman–Crippen LogP) is 2.16. The summed E-state index contributed by atoms with van der Waals surface area (Å²) in [5.41, 5.74) is 0. The fraction of sp³-hybridized carbons (Fsp3) is 0.933. The molecule has 0 spiro atoms. The molecule has 2 aliphatic rings. The van der Waals surface area contributed by atoms with Gasteiger partial charge in [-0.05, 0) is 32.7 Å². The molecule has 2 saturated heterocycles. The summed E-state index contributed by atoms with van der Waals surface area (Å²) in [6.45, 7) is 10.8. The standard InChI is InChI=1S/C11H19NO4S.2C2H6/c1-8-10(2-5-12-8)11(13)16-9-3-6-17(14,15)7-4-9;2*1-2/h8-10,12H,2-7H2,1H3;2*1-2H3/t8-,10+;;/m1../s1. The van der Waals surface area contributed by atoms with Crippen LogP contribution in [0.5, 0.6) is 0 Å². The summed E-state index contributed by atoms with van der Waals surface area (Å²) in [6, 6.07) is 0.162. The Labute approximate surface area is 129 Å². The van der Waals surface area contributed by atoms with Gasteiger partial charge in [-0.15, -0.1) is 0 Å². The molecule has 0 radical (unpaired) electrons. The fourth-order valence-electron chi connectivity index (χ4n) is 2.42. The van der Waals surface area contributed by atoms with Crippen molar-refractivity contribution in [2.75, 3.05) is 18.1 Å². The van der Waals surface area contributed by atoms with Crippen molar-refractivity contribution in [3.63, 3.8) is 0 Å². The molecule has 126 valence electrons. The van der Waals surface area contributed by atoms with Gasteiger partial charge in [0.25, 0.3) is 0 Å². The SMILES string of the molecule is CC.CC.C[C@H]1NCC[C@@H]1C(=O)OC1CCS(=O)(=O)CC1. The molecule has 1 N–H and O–H groups in total. The number of carbonyl (C=O) groups excluding carboxylic acids is 1. The monoisotopic (exact) mass is 321 g/mol. The lowest BCUT2D eigenvalue weighted by Gasteiger charge is -2.24. The van der Waals surface area contributed by atoms with E-state index in [1.165, 1.54) is 0 Å². The first-order valence-corrected chi connectivity index (χ1v) is 9.94. The number of ether oxygens (including phenoxy) is 1. The van der Waals surface area contributed by atoms with E-state index in [2.05, 4.69) is 5.32 Å². The summed E-state index contributed by atoms with van der Waals surface area (Å²) in [5, 5.41) is 3.20. The van der Waals surface area contributed by atoms with Crippen molar-refractivity contribution in [1.29, 1.82) is 0 Å². The van der Waals surface area contributed by atoms with Gasteiger partial charge in [0.1, 0.15) is 6.10 Å². The first kappa shape index (κ1) is 20.4. The van der Waals surface area contributed by atoms with Crippen molar-refractivity contribution in [3.8, 4) is 0 Å². The molecule has 6 heteroatoms. The Morgan fingerprint density at radius 1 is 1.05 bits per heavy atom.